The van der Waals surface area contributed by atoms with Gasteiger partial charge in [0.1, 0.15) is 0 Å². The molecule has 0 aliphatic heterocycles. The maximum atomic E-state index is 5.00. The van der Waals surface area contributed by atoms with E-state index < -0.39 is 0 Å². The van der Waals surface area contributed by atoms with Crippen LogP contribution in [0.2, 0.25) is 0 Å². The van der Waals surface area contributed by atoms with Crippen LogP contribution < -0.4 is 0 Å². The van der Waals surface area contributed by atoms with Gasteiger partial charge in [0, 0.05) is 22.1 Å². The number of hydrogen-bond donors (Lipinski definition) is 0. The van der Waals surface area contributed by atoms with Crippen LogP contribution in [0.1, 0.15) is 25.0 Å². The minimum atomic E-state index is -0.0125. The summed E-state index contributed by atoms with van der Waals surface area (Å²) in [5.74, 6) is 0.728. The predicted octanol–water partition coefficient (Wildman–Crippen LogP) is 9.45. The molecule has 5 aromatic carbocycles. The molecule has 0 N–H and O–H groups in total. The van der Waals surface area contributed by atoms with E-state index in [1.807, 2.05) is 36.4 Å². The van der Waals surface area contributed by atoms with E-state index >= 15 is 0 Å². The normalized spacial score (nSPS) is 13.1. The van der Waals surface area contributed by atoms with E-state index in [1.165, 1.54) is 33.4 Å². The van der Waals surface area contributed by atoms with Crippen molar-refractivity contribution in [2.24, 2.45) is 0 Å². The second-order valence-electron chi connectivity index (χ2n) is 10.7. The van der Waals surface area contributed by atoms with Gasteiger partial charge in [0.2, 0.25) is 0 Å². The van der Waals surface area contributed by atoms with Crippen LogP contribution in [-0.2, 0) is 5.41 Å². The fourth-order valence-electron chi connectivity index (χ4n) is 5.88. The summed E-state index contributed by atoms with van der Waals surface area (Å²) in [7, 11) is 0. The standard InChI is InChI=1S/C37H28N2/c1-37(2)31-18-10-9-16-30(31)35-29(17-11-19-32(35)37)25-20-22-28(23-21-25)36-38-33(26-12-5-3-6-13-26)24-34(39-36)27-14-7-4-8-15-27/h3-24H,1-2H3. The number of aromatic nitrogens is 2. The van der Waals surface area contributed by atoms with Crippen LogP contribution in [-0.4, -0.2) is 9.97 Å². The summed E-state index contributed by atoms with van der Waals surface area (Å²) in [6.45, 7) is 4.65. The van der Waals surface area contributed by atoms with E-state index in [2.05, 4.69) is 111 Å². The summed E-state index contributed by atoms with van der Waals surface area (Å²) in [5, 5.41) is 0. The van der Waals surface area contributed by atoms with E-state index in [4.69, 9.17) is 9.97 Å². The smallest absolute Gasteiger partial charge is 0.160 e. The van der Waals surface area contributed by atoms with E-state index in [0.717, 1.165) is 33.9 Å². The van der Waals surface area contributed by atoms with Crippen molar-refractivity contribution in [1.29, 1.82) is 0 Å². The van der Waals surface area contributed by atoms with Crippen LogP contribution in [0, 0.1) is 0 Å². The summed E-state index contributed by atoms with van der Waals surface area (Å²) in [6.07, 6.45) is 0. The van der Waals surface area contributed by atoms with Crippen molar-refractivity contribution in [2.75, 3.05) is 0 Å². The van der Waals surface area contributed by atoms with Crippen LogP contribution in [0.3, 0.4) is 0 Å². The van der Waals surface area contributed by atoms with Crippen LogP contribution >= 0.6 is 0 Å². The second kappa shape index (κ2) is 9.18. The zero-order valence-electron chi connectivity index (χ0n) is 22.1. The molecule has 0 atom stereocenters. The Bertz CT molecular complexity index is 1740. The van der Waals surface area contributed by atoms with Gasteiger partial charge in [-0.15, -0.1) is 0 Å². The van der Waals surface area contributed by atoms with Crippen molar-refractivity contribution < 1.29 is 0 Å². The highest BCUT2D eigenvalue weighted by Gasteiger charge is 2.36. The van der Waals surface area contributed by atoms with Crippen LogP contribution in [0.15, 0.2) is 133 Å². The largest absolute Gasteiger partial charge is 0.228 e. The van der Waals surface area contributed by atoms with Gasteiger partial charge in [-0.05, 0) is 39.4 Å². The fourth-order valence-corrected chi connectivity index (χ4v) is 5.88. The highest BCUT2D eigenvalue weighted by molar-refractivity contribution is 5.92. The molecule has 0 saturated carbocycles. The Morgan fingerprint density at radius 1 is 0.436 bits per heavy atom. The van der Waals surface area contributed by atoms with Crippen molar-refractivity contribution in [3.8, 4) is 56.2 Å². The second-order valence-corrected chi connectivity index (χ2v) is 10.7. The van der Waals surface area contributed by atoms with Gasteiger partial charge in [-0.2, -0.15) is 0 Å². The molecule has 0 radical (unpaired) electrons. The molecular formula is C37H28N2. The molecule has 0 bridgehead atoms. The zero-order valence-corrected chi connectivity index (χ0v) is 22.1. The minimum absolute atomic E-state index is 0.0125. The Morgan fingerprint density at radius 3 is 1.59 bits per heavy atom. The molecule has 2 heteroatoms. The highest BCUT2D eigenvalue weighted by atomic mass is 14.9. The molecule has 6 aromatic rings. The van der Waals surface area contributed by atoms with Crippen LogP contribution in [0.25, 0.3) is 56.2 Å². The molecule has 7 rings (SSSR count). The van der Waals surface area contributed by atoms with Crippen molar-refractivity contribution in [3.05, 3.63) is 145 Å². The molecule has 1 heterocycles. The fraction of sp³-hybridized carbons (Fsp3) is 0.0811. The van der Waals surface area contributed by atoms with Gasteiger partial charge in [-0.1, -0.05) is 141 Å². The molecule has 1 aliphatic carbocycles. The lowest BCUT2D eigenvalue weighted by Crippen LogP contribution is -2.14. The highest BCUT2D eigenvalue weighted by Crippen LogP contribution is 2.51. The maximum Gasteiger partial charge on any atom is 0.160 e. The number of rotatable bonds is 4. The molecule has 0 unspecified atom stereocenters. The van der Waals surface area contributed by atoms with Crippen LogP contribution in [0.5, 0.6) is 0 Å². The first-order chi connectivity index (χ1) is 19.1. The molecule has 1 aliphatic rings. The van der Waals surface area contributed by atoms with Gasteiger partial charge in [0.25, 0.3) is 0 Å². The first kappa shape index (κ1) is 23.3. The monoisotopic (exact) mass is 500 g/mol. The third-order valence-electron chi connectivity index (χ3n) is 7.93. The average molecular weight is 501 g/mol. The van der Waals surface area contributed by atoms with Crippen molar-refractivity contribution in [3.63, 3.8) is 0 Å². The van der Waals surface area contributed by atoms with E-state index in [9.17, 15) is 0 Å². The van der Waals surface area contributed by atoms with Gasteiger partial charge in [-0.25, -0.2) is 9.97 Å². The average Bonchev–Trinajstić information content (AvgIpc) is 3.24. The lowest BCUT2D eigenvalue weighted by Gasteiger charge is -2.21. The zero-order chi connectivity index (χ0) is 26.4. The van der Waals surface area contributed by atoms with E-state index in [-0.39, 0.29) is 5.41 Å². The Balaban J connectivity index is 1.33. The van der Waals surface area contributed by atoms with Gasteiger partial charge < -0.3 is 0 Å². The van der Waals surface area contributed by atoms with Gasteiger partial charge in [0.15, 0.2) is 5.82 Å². The SMILES string of the molecule is CC1(C)c2ccccc2-c2c(-c3ccc(-c4nc(-c5ccccc5)cc(-c5ccccc5)n4)cc3)cccc21. The summed E-state index contributed by atoms with van der Waals surface area (Å²) in [4.78, 5) is 9.99. The van der Waals surface area contributed by atoms with E-state index in [0.29, 0.717) is 0 Å². The van der Waals surface area contributed by atoms with Crippen LogP contribution in [0.4, 0.5) is 0 Å². The Hall–Kier alpha value is -4.82. The van der Waals surface area contributed by atoms with E-state index in [1.54, 1.807) is 0 Å². The molecule has 186 valence electrons. The Morgan fingerprint density at radius 2 is 0.949 bits per heavy atom. The van der Waals surface area contributed by atoms with Crippen molar-refractivity contribution in [1.82, 2.24) is 9.97 Å². The maximum absolute atomic E-state index is 5.00. The quantitative estimate of drug-likeness (QED) is 0.241. The van der Waals surface area contributed by atoms with Crippen molar-refractivity contribution in [2.45, 2.75) is 19.3 Å². The van der Waals surface area contributed by atoms with Gasteiger partial charge in [0.05, 0.1) is 11.4 Å². The molecular weight excluding hydrogens is 472 g/mol. The lowest BCUT2D eigenvalue weighted by atomic mass is 9.82. The van der Waals surface area contributed by atoms with Gasteiger partial charge >= 0.3 is 0 Å². The molecule has 2 nitrogen and oxygen atoms in total. The van der Waals surface area contributed by atoms with Gasteiger partial charge in [-0.3, -0.25) is 0 Å². The summed E-state index contributed by atoms with van der Waals surface area (Å²) >= 11 is 0. The first-order valence-corrected chi connectivity index (χ1v) is 13.4. The molecule has 39 heavy (non-hydrogen) atoms. The number of nitrogens with zero attached hydrogens (tertiary/aromatic N) is 2. The predicted molar refractivity (Wildman–Crippen MR) is 161 cm³/mol. The molecule has 0 spiro atoms. The molecule has 0 fully saturated rings. The van der Waals surface area contributed by atoms with Crippen molar-refractivity contribution >= 4 is 0 Å². The number of benzene rings is 5. The minimum Gasteiger partial charge on any atom is -0.228 e. The third-order valence-corrected chi connectivity index (χ3v) is 7.93. The molecule has 0 amide bonds. The number of hydrogen-bond acceptors (Lipinski definition) is 2. The molecule has 1 aromatic heterocycles. The molecule has 0 saturated heterocycles. The first-order valence-electron chi connectivity index (χ1n) is 13.4. The third kappa shape index (κ3) is 3.97. The topological polar surface area (TPSA) is 25.8 Å². The summed E-state index contributed by atoms with van der Waals surface area (Å²) < 4.78 is 0. The summed E-state index contributed by atoms with van der Waals surface area (Å²) in [6, 6.07) is 47.0. The summed E-state index contributed by atoms with van der Waals surface area (Å²) in [5.41, 5.74) is 12.9. The number of fused-ring (bicyclic) bond motifs is 3. The lowest BCUT2D eigenvalue weighted by molar-refractivity contribution is 0.660. The Kier molecular flexibility index (Phi) is 5.49. The Labute approximate surface area is 229 Å².